The van der Waals surface area contributed by atoms with Crippen LogP contribution in [-0.4, -0.2) is 0 Å². The highest BCUT2D eigenvalue weighted by atomic mass is 14.5. The van der Waals surface area contributed by atoms with Crippen LogP contribution in [0, 0.1) is 0 Å². The van der Waals surface area contributed by atoms with Gasteiger partial charge in [0.1, 0.15) is 0 Å². The molecular weight excluding hydrogens is 532 g/mol. The van der Waals surface area contributed by atoms with E-state index in [2.05, 4.69) is 74.5 Å². The summed E-state index contributed by atoms with van der Waals surface area (Å²) in [4.78, 5) is 0. The van der Waals surface area contributed by atoms with Gasteiger partial charge >= 0.3 is 0 Å². The molecule has 0 aliphatic carbocycles. The first-order valence-electron chi connectivity index (χ1n) is 17.4. The number of rotatable bonds is 19. The van der Waals surface area contributed by atoms with Crippen LogP contribution in [0.15, 0.2) is 84.9 Å². The summed E-state index contributed by atoms with van der Waals surface area (Å²) in [6.07, 6.45) is 19.9. The number of benzene rings is 4. The summed E-state index contributed by atoms with van der Waals surface area (Å²) in [5, 5.41) is 0. The Balaban J connectivity index is 1.10. The maximum Gasteiger partial charge on any atom is 0.0314 e. The Bertz CT molecular complexity index is 1280. The number of anilines is 2. The van der Waals surface area contributed by atoms with Crippen molar-refractivity contribution < 1.29 is 0 Å². The van der Waals surface area contributed by atoms with Crippen LogP contribution in [0.2, 0.25) is 0 Å². The lowest BCUT2D eigenvalue weighted by Gasteiger charge is -2.12. The van der Waals surface area contributed by atoms with E-state index in [1.807, 2.05) is 24.3 Å². The van der Waals surface area contributed by atoms with Gasteiger partial charge < -0.3 is 11.5 Å². The zero-order valence-electron chi connectivity index (χ0n) is 27.6. The monoisotopic (exact) mass is 588 g/mol. The molecule has 0 aliphatic heterocycles. The molecule has 0 fully saturated rings. The van der Waals surface area contributed by atoms with Crippen LogP contribution < -0.4 is 11.5 Å². The molecule has 4 aromatic carbocycles. The van der Waals surface area contributed by atoms with Gasteiger partial charge in [0, 0.05) is 11.4 Å². The van der Waals surface area contributed by atoms with Crippen molar-refractivity contribution >= 4 is 11.4 Å². The Labute approximate surface area is 268 Å². The summed E-state index contributed by atoms with van der Waals surface area (Å²) in [6, 6.07) is 31.1. The Hall–Kier alpha value is -3.52. The maximum absolute atomic E-state index is 5.87. The number of unbranched alkanes of at least 4 members (excludes halogenated alkanes) is 7. The molecule has 44 heavy (non-hydrogen) atoms. The molecule has 4 aromatic rings. The molecule has 0 bridgehead atoms. The van der Waals surface area contributed by atoms with Gasteiger partial charge in [-0.05, 0) is 120 Å². The van der Waals surface area contributed by atoms with Crippen molar-refractivity contribution in [1.82, 2.24) is 0 Å². The average molecular weight is 589 g/mol. The normalized spacial score (nSPS) is 11.2. The summed E-state index contributed by atoms with van der Waals surface area (Å²) in [5.74, 6) is 0. The summed E-state index contributed by atoms with van der Waals surface area (Å²) >= 11 is 0. The fourth-order valence-corrected chi connectivity index (χ4v) is 6.45. The fourth-order valence-electron chi connectivity index (χ4n) is 6.45. The van der Waals surface area contributed by atoms with Gasteiger partial charge in [0.05, 0.1) is 0 Å². The number of aryl methyl sites for hydroxylation is 4. The van der Waals surface area contributed by atoms with Gasteiger partial charge in [0.15, 0.2) is 0 Å². The maximum atomic E-state index is 5.87. The smallest absolute Gasteiger partial charge is 0.0314 e. The van der Waals surface area contributed by atoms with Crippen molar-refractivity contribution in [2.24, 2.45) is 0 Å². The topological polar surface area (TPSA) is 52.0 Å². The van der Waals surface area contributed by atoms with Gasteiger partial charge in [-0.3, -0.25) is 0 Å². The molecule has 0 amide bonds. The standard InChI is InChI=1S/C42H56N2/c1-3-13-37-29-33(17-23-39(37)31-35-19-25-41(43)26-20-35)15-11-9-7-5-6-8-10-12-16-34-18-24-40(38(30-34)14-4-2)32-36-21-27-42(44)28-22-36/h17-30H,3-16,31-32,43-44H2,1-2H3. The molecular formula is C42H56N2. The Morgan fingerprint density at radius 2 is 0.705 bits per heavy atom. The van der Waals surface area contributed by atoms with Gasteiger partial charge in [-0.15, -0.1) is 0 Å². The first-order chi connectivity index (χ1) is 21.5. The zero-order valence-corrected chi connectivity index (χ0v) is 27.6. The number of nitrogens with two attached hydrogens (primary N) is 2. The number of hydrogen-bond acceptors (Lipinski definition) is 2. The van der Waals surface area contributed by atoms with Gasteiger partial charge in [-0.1, -0.05) is 126 Å². The predicted octanol–water partition coefficient (Wildman–Crippen LogP) is 10.8. The molecule has 0 spiro atoms. The largest absolute Gasteiger partial charge is 0.399 e. The van der Waals surface area contributed by atoms with Crippen LogP contribution in [0.3, 0.4) is 0 Å². The minimum atomic E-state index is 0.836. The molecule has 0 saturated carbocycles. The SMILES string of the molecule is CCCc1cc(CCCCCCCCCCc2ccc(Cc3ccc(N)cc3)c(CCC)c2)ccc1Cc1ccc(N)cc1. The fraction of sp³-hybridized carbons (Fsp3) is 0.429. The molecule has 0 radical (unpaired) electrons. The average Bonchev–Trinajstić information content (AvgIpc) is 3.03. The summed E-state index contributed by atoms with van der Waals surface area (Å²) in [6.45, 7) is 4.57. The lowest BCUT2D eigenvalue weighted by Crippen LogP contribution is -1.99. The van der Waals surface area contributed by atoms with Crippen LogP contribution in [0.25, 0.3) is 0 Å². The van der Waals surface area contributed by atoms with Gasteiger partial charge in [0.25, 0.3) is 0 Å². The summed E-state index contributed by atoms with van der Waals surface area (Å²) in [7, 11) is 0. The number of nitrogen functional groups attached to an aromatic ring is 2. The van der Waals surface area contributed by atoms with E-state index in [4.69, 9.17) is 11.5 Å². The lowest BCUT2D eigenvalue weighted by atomic mass is 9.93. The third kappa shape index (κ3) is 11.2. The first-order valence-corrected chi connectivity index (χ1v) is 17.4. The molecule has 4 rings (SSSR count). The quantitative estimate of drug-likeness (QED) is 0.0845. The first kappa shape index (κ1) is 33.4. The molecule has 4 N–H and O–H groups in total. The zero-order chi connectivity index (χ0) is 31.0. The predicted molar refractivity (Wildman–Crippen MR) is 193 cm³/mol. The van der Waals surface area contributed by atoms with E-state index >= 15 is 0 Å². The van der Waals surface area contributed by atoms with Crippen molar-refractivity contribution in [3.05, 3.63) is 129 Å². The van der Waals surface area contributed by atoms with E-state index < -0.39 is 0 Å². The van der Waals surface area contributed by atoms with Crippen molar-refractivity contribution in [2.45, 2.75) is 117 Å². The summed E-state index contributed by atoms with van der Waals surface area (Å²) < 4.78 is 0. The summed E-state index contributed by atoms with van der Waals surface area (Å²) in [5.41, 5.74) is 25.1. The van der Waals surface area contributed by atoms with Gasteiger partial charge in [-0.2, -0.15) is 0 Å². The molecule has 0 saturated heterocycles. The van der Waals surface area contributed by atoms with Crippen molar-refractivity contribution in [3.63, 3.8) is 0 Å². The Morgan fingerprint density at radius 3 is 1.07 bits per heavy atom. The molecule has 0 aliphatic rings. The molecule has 0 atom stereocenters. The second kappa shape index (κ2) is 18.3. The van der Waals surface area contributed by atoms with Crippen LogP contribution in [0.5, 0.6) is 0 Å². The molecule has 2 heteroatoms. The van der Waals surface area contributed by atoms with Crippen LogP contribution in [0.4, 0.5) is 11.4 Å². The van der Waals surface area contributed by atoms with E-state index in [1.165, 1.54) is 122 Å². The molecule has 0 heterocycles. The van der Waals surface area contributed by atoms with Crippen molar-refractivity contribution in [2.75, 3.05) is 11.5 Å². The Morgan fingerprint density at radius 1 is 0.364 bits per heavy atom. The molecule has 0 aromatic heterocycles. The third-order valence-electron chi connectivity index (χ3n) is 9.01. The van der Waals surface area contributed by atoms with Crippen molar-refractivity contribution in [3.8, 4) is 0 Å². The minimum Gasteiger partial charge on any atom is -0.399 e. The highest BCUT2D eigenvalue weighted by molar-refractivity contribution is 5.43. The van der Waals surface area contributed by atoms with Gasteiger partial charge in [0.2, 0.25) is 0 Å². The molecule has 234 valence electrons. The second-order valence-electron chi connectivity index (χ2n) is 12.9. The van der Waals surface area contributed by atoms with E-state index in [1.54, 1.807) is 0 Å². The highest BCUT2D eigenvalue weighted by Gasteiger charge is 2.07. The van der Waals surface area contributed by atoms with Crippen LogP contribution in [-0.2, 0) is 38.5 Å². The minimum absolute atomic E-state index is 0.836. The highest BCUT2D eigenvalue weighted by Crippen LogP contribution is 2.22. The van der Waals surface area contributed by atoms with Crippen LogP contribution >= 0.6 is 0 Å². The van der Waals surface area contributed by atoms with Crippen molar-refractivity contribution in [1.29, 1.82) is 0 Å². The van der Waals surface area contributed by atoms with E-state index in [-0.39, 0.29) is 0 Å². The molecule has 0 unspecified atom stereocenters. The van der Waals surface area contributed by atoms with E-state index in [9.17, 15) is 0 Å². The lowest BCUT2D eigenvalue weighted by molar-refractivity contribution is 0.567. The van der Waals surface area contributed by atoms with Crippen LogP contribution in [0.1, 0.15) is 123 Å². The van der Waals surface area contributed by atoms with E-state index in [0.717, 1.165) is 37.1 Å². The second-order valence-corrected chi connectivity index (χ2v) is 12.9. The van der Waals surface area contributed by atoms with Gasteiger partial charge in [-0.25, -0.2) is 0 Å². The number of hydrogen-bond donors (Lipinski definition) is 2. The Kier molecular flexibility index (Phi) is 13.9. The molecule has 2 nitrogen and oxygen atoms in total. The third-order valence-corrected chi connectivity index (χ3v) is 9.01. The van der Waals surface area contributed by atoms with E-state index in [0.29, 0.717) is 0 Å².